The molecule has 4 heteroatoms. The standard InChI is InChI=1S/C23H28BClO2/c1-22(2,26)23(3,4)27-24-21-17-12-6-5-10-16(17)11-9-14-19(21)18-13-7-8-15-20(18)25/h5-8,10,12-13,15,24,26H,9,11,14H2,1-4H3. The Balaban J connectivity index is 2.10. The molecular formula is C23H28BClO2. The Hall–Kier alpha value is -1.55. The third-order valence-corrected chi connectivity index (χ3v) is 6.16. The van der Waals surface area contributed by atoms with Crippen molar-refractivity contribution in [2.24, 2.45) is 0 Å². The van der Waals surface area contributed by atoms with Crippen molar-refractivity contribution in [3.8, 4) is 0 Å². The van der Waals surface area contributed by atoms with Crippen LogP contribution in [0.3, 0.4) is 0 Å². The van der Waals surface area contributed by atoms with E-state index in [2.05, 4.69) is 30.3 Å². The Kier molecular flexibility index (Phi) is 5.86. The van der Waals surface area contributed by atoms with Gasteiger partial charge < -0.3 is 9.76 Å². The van der Waals surface area contributed by atoms with Gasteiger partial charge in [0.15, 0.2) is 0 Å². The Morgan fingerprint density at radius 1 is 0.926 bits per heavy atom. The summed E-state index contributed by atoms with van der Waals surface area (Å²) in [7, 11) is 0.439. The van der Waals surface area contributed by atoms with E-state index in [-0.39, 0.29) is 0 Å². The van der Waals surface area contributed by atoms with Crippen molar-refractivity contribution in [3.05, 3.63) is 70.2 Å². The minimum atomic E-state index is -0.942. The highest BCUT2D eigenvalue weighted by Crippen LogP contribution is 2.38. The minimum Gasteiger partial charge on any atom is -0.427 e. The van der Waals surface area contributed by atoms with Gasteiger partial charge in [0.25, 0.3) is 0 Å². The lowest BCUT2D eigenvalue weighted by atomic mass is 9.74. The highest BCUT2D eigenvalue weighted by Gasteiger charge is 2.36. The van der Waals surface area contributed by atoms with Crippen LogP contribution in [0, 0.1) is 0 Å². The van der Waals surface area contributed by atoms with Crippen LogP contribution in [-0.4, -0.2) is 23.8 Å². The molecule has 0 amide bonds. The number of allylic oxidation sites excluding steroid dienone is 1. The van der Waals surface area contributed by atoms with Crippen LogP contribution in [0.4, 0.5) is 0 Å². The summed E-state index contributed by atoms with van der Waals surface area (Å²) in [5.74, 6) is 0. The molecule has 0 unspecified atom stereocenters. The second kappa shape index (κ2) is 7.83. The van der Waals surface area contributed by atoms with E-state index < -0.39 is 11.2 Å². The summed E-state index contributed by atoms with van der Waals surface area (Å²) in [4.78, 5) is 0. The van der Waals surface area contributed by atoms with E-state index in [0.29, 0.717) is 7.48 Å². The van der Waals surface area contributed by atoms with Gasteiger partial charge in [-0.3, -0.25) is 0 Å². The molecule has 1 aliphatic rings. The van der Waals surface area contributed by atoms with Crippen LogP contribution in [0.5, 0.6) is 0 Å². The highest BCUT2D eigenvalue weighted by atomic mass is 35.5. The first-order valence-corrected chi connectivity index (χ1v) is 10.00. The van der Waals surface area contributed by atoms with E-state index in [1.54, 1.807) is 13.8 Å². The fraction of sp³-hybridized carbons (Fsp3) is 0.391. The molecule has 27 heavy (non-hydrogen) atoms. The van der Waals surface area contributed by atoms with Gasteiger partial charge in [0.2, 0.25) is 0 Å². The lowest BCUT2D eigenvalue weighted by Gasteiger charge is -2.38. The molecule has 3 rings (SSSR count). The highest BCUT2D eigenvalue weighted by molar-refractivity contribution is 6.59. The van der Waals surface area contributed by atoms with Crippen LogP contribution in [-0.2, 0) is 11.1 Å². The maximum absolute atomic E-state index is 10.5. The molecule has 0 saturated carbocycles. The van der Waals surface area contributed by atoms with Crippen molar-refractivity contribution in [3.63, 3.8) is 0 Å². The van der Waals surface area contributed by atoms with Crippen LogP contribution in [0.15, 0.2) is 48.5 Å². The summed E-state index contributed by atoms with van der Waals surface area (Å²) in [6, 6.07) is 16.6. The van der Waals surface area contributed by atoms with Crippen LogP contribution < -0.4 is 0 Å². The molecule has 0 radical (unpaired) electrons. The van der Waals surface area contributed by atoms with E-state index in [1.807, 2.05) is 32.0 Å². The Bertz CT molecular complexity index is 849. The van der Waals surface area contributed by atoms with Gasteiger partial charge in [0.05, 0.1) is 11.2 Å². The normalized spacial score (nSPS) is 15.3. The first-order chi connectivity index (χ1) is 12.7. The van der Waals surface area contributed by atoms with E-state index in [9.17, 15) is 5.11 Å². The lowest BCUT2D eigenvalue weighted by molar-refractivity contribution is -0.0892. The lowest BCUT2D eigenvalue weighted by Crippen LogP contribution is -2.48. The zero-order chi connectivity index (χ0) is 19.7. The molecule has 1 aliphatic carbocycles. The first kappa shape index (κ1) is 20.2. The van der Waals surface area contributed by atoms with Gasteiger partial charge in [0, 0.05) is 5.02 Å². The van der Waals surface area contributed by atoms with Gasteiger partial charge in [-0.05, 0) is 80.8 Å². The molecule has 0 fully saturated rings. The third kappa shape index (κ3) is 4.32. The molecule has 2 aromatic carbocycles. The molecule has 1 N–H and O–H groups in total. The van der Waals surface area contributed by atoms with Gasteiger partial charge in [-0.25, -0.2) is 0 Å². The van der Waals surface area contributed by atoms with Crippen molar-refractivity contribution in [1.82, 2.24) is 0 Å². The maximum atomic E-state index is 10.5. The molecule has 0 atom stereocenters. The van der Waals surface area contributed by atoms with Crippen molar-refractivity contribution >= 4 is 30.1 Å². The van der Waals surface area contributed by atoms with Crippen molar-refractivity contribution < 1.29 is 9.76 Å². The summed E-state index contributed by atoms with van der Waals surface area (Å²) >= 11 is 6.55. The van der Waals surface area contributed by atoms with E-state index in [1.165, 1.54) is 22.2 Å². The summed E-state index contributed by atoms with van der Waals surface area (Å²) in [5, 5.41) is 11.3. The predicted molar refractivity (Wildman–Crippen MR) is 116 cm³/mol. The number of fused-ring (bicyclic) bond motifs is 1. The van der Waals surface area contributed by atoms with Crippen LogP contribution in [0.25, 0.3) is 11.0 Å². The molecule has 2 aromatic rings. The zero-order valence-corrected chi connectivity index (χ0v) is 17.4. The molecule has 0 bridgehead atoms. The average molecular weight is 383 g/mol. The van der Waals surface area contributed by atoms with Crippen LogP contribution in [0.2, 0.25) is 5.02 Å². The summed E-state index contributed by atoms with van der Waals surface area (Å²) in [6.45, 7) is 7.45. The van der Waals surface area contributed by atoms with Crippen molar-refractivity contribution in [2.45, 2.75) is 58.2 Å². The third-order valence-electron chi connectivity index (χ3n) is 5.83. The van der Waals surface area contributed by atoms with Gasteiger partial charge in [-0.1, -0.05) is 54.1 Å². The zero-order valence-electron chi connectivity index (χ0n) is 16.7. The topological polar surface area (TPSA) is 29.5 Å². The second-order valence-electron chi connectivity index (χ2n) is 8.31. The second-order valence-corrected chi connectivity index (χ2v) is 8.71. The Labute approximate surface area is 168 Å². The number of benzene rings is 2. The van der Waals surface area contributed by atoms with Gasteiger partial charge in [0.1, 0.15) is 0 Å². The van der Waals surface area contributed by atoms with E-state index in [0.717, 1.165) is 29.8 Å². The van der Waals surface area contributed by atoms with Crippen LogP contribution >= 0.6 is 11.6 Å². The molecular weight excluding hydrogens is 355 g/mol. The minimum absolute atomic E-state index is 0.439. The fourth-order valence-corrected chi connectivity index (χ4v) is 3.65. The molecule has 0 spiro atoms. The Morgan fingerprint density at radius 2 is 1.56 bits per heavy atom. The SMILES string of the molecule is CC(C)(O)C(C)(C)OBC1=C(c2ccccc2Cl)CCCc2ccccc21. The number of aliphatic hydroxyl groups is 1. The smallest absolute Gasteiger partial charge is 0.310 e. The summed E-state index contributed by atoms with van der Waals surface area (Å²) in [6.07, 6.45) is 3.08. The summed E-state index contributed by atoms with van der Waals surface area (Å²) in [5.41, 5.74) is 4.46. The van der Waals surface area contributed by atoms with Gasteiger partial charge >= 0.3 is 7.48 Å². The number of hydrogen-bond acceptors (Lipinski definition) is 2. The number of aryl methyl sites for hydroxylation is 1. The van der Waals surface area contributed by atoms with Gasteiger partial charge in [-0.15, -0.1) is 0 Å². The van der Waals surface area contributed by atoms with Crippen molar-refractivity contribution in [2.75, 3.05) is 0 Å². The molecule has 0 heterocycles. The number of rotatable bonds is 5. The average Bonchev–Trinajstić information content (AvgIpc) is 2.79. The van der Waals surface area contributed by atoms with Crippen LogP contribution in [0.1, 0.15) is 57.2 Å². The first-order valence-electron chi connectivity index (χ1n) is 9.62. The number of hydrogen-bond donors (Lipinski definition) is 1. The Morgan fingerprint density at radius 3 is 2.22 bits per heavy atom. The number of halogens is 1. The molecule has 142 valence electrons. The van der Waals surface area contributed by atoms with E-state index >= 15 is 0 Å². The molecule has 2 nitrogen and oxygen atoms in total. The van der Waals surface area contributed by atoms with Gasteiger partial charge in [-0.2, -0.15) is 0 Å². The predicted octanol–water partition coefficient (Wildman–Crippen LogP) is 5.46. The molecule has 0 aromatic heterocycles. The molecule has 0 aliphatic heterocycles. The van der Waals surface area contributed by atoms with E-state index in [4.69, 9.17) is 16.3 Å². The largest absolute Gasteiger partial charge is 0.427 e. The quantitative estimate of drug-likeness (QED) is 0.695. The maximum Gasteiger partial charge on any atom is 0.310 e. The molecule has 0 saturated heterocycles. The summed E-state index contributed by atoms with van der Waals surface area (Å²) < 4.78 is 6.29. The fourth-order valence-electron chi connectivity index (χ4n) is 3.40. The van der Waals surface area contributed by atoms with Crippen molar-refractivity contribution in [1.29, 1.82) is 0 Å². The monoisotopic (exact) mass is 382 g/mol.